The van der Waals surface area contributed by atoms with Crippen molar-refractivity contribution in [3.05, 3.63) is 76.8 Å². The number of nitrogens with zero attached hydrogens (tertiary/aromatic N) is 4. The number of nitrogens with one attached hydrogen (secondary N) is 1. The Kier molecular flexibility index (Phi) is 5.58. The van der Waals surface area contributed by atoms with E-state index in [-0.39, 0.29) is 17.4 Å². The van der Waals surface area contributed by atoms with Crippen LogP contribution in [0.5, 0.6) is 0 Å². The molecule has 3 rings (SSSR count). The average Bonchev–Trinajstić information content (AvgIpc) is 3.19. The summed E-state index contributed by atoms with van der Waals surface area (Å²) in [6.07, 6.45) is 4.11. The van der Waals surface area contributed by atoms with E-state index in [4.69, 9.17) is 0 Å². The molecule has 7 nitrogen and oxygen atoms in total. The van der Waals surface area contributed by atoms with Crippen molar-refractivity contribution in [2.45, 2.75) is 25.8 Å². The molecule has 1 aromatic carbocycles. The normalized spacial score (nSPS) is 11.9. The number of rotatable bonds is 7. The highest BCUT2D eigenvalue weighted by Gasteiger charge is 2.17. The van der Waals surface area contributed by atoms with E-state index in [2.05, 4.69) is 15.5 Å². The number of carbonyl (C=O) groups is 1. The van der Waals surface area contributed by atoms with Crippen LogP contribution in [0.25, 0.3) is 5.82 Å². The van der Waals surface area contributed by atoms with Crippen LogP contribution in [-0.4, -0.2) is 32.0 Å². The predicted octanol–water partition coefficient (Wildman–Crippen LogP) is 1.74. The van der Waals surface area contributed by atoms with E-state index in [1.807, 2.05) is 37.3 Å². The molecule has 0 radical (unpaired) electrons. The van der Waals surface area contributed by atoms with Crippen LogP contribution in [0.2, 0.25) is 0 Å². The summed E-state index contributed by atoms with van der Waals surface area (Å²) in [7, 11) is 0. The minimum atomic E-state index is -0.217. The van der Waals surface area contributed by atoms with Gasteiger partial charge in [0, 0.05) is 25.0 Å². The molecule has 0 fully saturated rings. The van der Waals surface area contributed by atoms with Gasteiger partial charge in [0.05, 0.1) is 12.5 Å². The molecule has 0 spiro atoms. The predicted molar refractivity (Wildman–Crippen MR) is 98.1 cm³/mol. The lowest BCUT2D eigenvalue weighted by Gasteiger charge is -2.15. The lowest BCUT2D eigenvalue weighted by atomic mass is 9.96. The first-order valence-electron chi connectivity index (χ1n) is 8.60. The average molecular weight is 351 g/mol. The first kappa shape index (κ1) is 17.6. The zero-order valence-corrected chi connectivity index (χ0v) is 14.6. The Bertz CT molecular complexity index is 903. The van der Waals surface area contributed by atoms with E-state index in [0.717, 1.165) is 5.56 Å². The molecule has 1 unspecified atom stereocenters. The third-order valence-electron chi connectivity index (χ3n) is 4.14. The fourth-order valence-electron chi connectivity index (χ4n) is 2.79. The summed E-state index contributed by atoms with van der Waals surface area (Å²) in [6, 6.07) is 14.5. The molecule has 0 aliphatic carbocycles. The summed E-state index contributed by atoms with van der Waals surface area (Å²) in [5, 5.41) is 11.3. The maximum atomic E-state index is 12.5. The molecule has 0 aliphatic heterocycles. The Labute approximate surface area is 151 Å². The third kappa shape index (κ3) is 4.05. The van der Waals surface area contributed by atoms with Crippen molar-refractivity contribution in [3.8, 4) is 5.82 Å². The fraction of sp³-hybridized carbons (Fsp3) is 0.263. The Morgan fingerprint density at radius 1 is 1.15 bits per heavy atom. The molecule has 134 valence electrons. The minimum absolute atomic E-state index is 0.0463. The van der Waals surface area contributed by atoms with Gasteiger partial charge in [-0.3, -0.25) is 9.59 Å². The van der Waals surface area contributed by atoms with Crippen molar-refractivity contribution in [1.29, 1.82) is 0 Å². The summed E-state index contributed by atoms with van der Waals surface area (Å²) < 4.78 is 2.91. The largest absolute Gasteiger partial charge is 0.354 e. The first-order chi connectivity index (χ1) is 12.7. The molecule has 2 heterocycles. The van der Waals surface area contributed by atoms with Gasteiger partial charge in [-0.05, 0) is 24.1 Å². The molecular weight excluding hydrogens is 330 g/mol. The van der Waals surface area contributed by atoms with Crippen LogP contribution in [0, 0.1) is 0 Å². The van der Waals surface area contributed by atoms with Gasteiger partial charge in [0.15, 0.2) is 5.82 Å². The molecule has 26 heavy (non-hydrogen) atoms. The Balaban J connectivity index is 1.63. The van der Waals surface area contributed by atoms with E-state index in [1.165, 1.54) is 10.7 Å². The van der Waals surface area contributed by atoms with Crippen LogP contribution in [-0.2, 0) is 11.3 Å². The topological polar surface area (TPSA) is 81.8 Å². The van der Waals surface area contributed by atoms with Gasteiger partial charge in [0.25, 0.3) is 5.56 Å². The molecule has 0 bridgehead atoms. The van der Waals surface area contributed by atoms with Gasteiger partial charge in [0.2, 0.25) is 5.91 Å². The van der Waals surface area contributed by atoms with Gasteiger partial charge < -0.3 is 5.32 Å². The highest BCUT2D eigenvalue weighted by molar-refractivity contribution is 5.83. The standard InChI is InChI=1S/C19H21N5O2/c1-2-16(15-7-4-3-5-8-15)19(26)20-12-14-24-18(25)10-9-17(22-24)23-13-6-11-21-23/h3-11,13,16H,2,12,14H2,1H3,(H,20,26). The minimum Gasteiger partial charge on any atom is -0.354 e. The highest BCUT2D eigenvalue weighted by Crippen LogP contribution is 2.18. The van der Waals surface area contributed by atoms with Crippen LogP contribution in [0.3, 0.4) is 0 Å². The van der Waals surface area contributed by atoms with E-state index >= 15 is 0 Å². The Morgan fingerprint density at radius 2 is 1.96 bits per heavy atom. The van der Waals surface area contributed by atoms with Crippen molar-refractivity contribution in [2.24, 2.45) is 0 Å². The van der Waals surface area contributed by atoms with Crippen molar-refractivity contribution < 1.29 is 4.79 Å². The zero-order chi connectivity index (χ0) is 18.4. The highest BCUT2D eigenvalue weighted by atomic mass is 16.2. The number of benzene rings is 1. The summed E-state index contributed by atoms with van der Waals surface area (Å²) in [5.74, 6) is 0.308. The van der Waals surface area contributed by atoms with E-state index < -0.39 is 0 Å². The maximum absolute atomic E-state index is 12.5. The number of hydrogen-bond donors (Lipinski definition) is 1. The summed E-state index contributed by atoms with van der Waals surface area (Å²) >= 11 is 0. The SMILES string of the molecule is CCC(C(=O)NCCn1nc(-n2cccn2)ccc1=O)c1ccccc1. The molecule has 0 aliphatic rings. The van der Waals surface area contributed by atoms with Crippen molar-refractivity contribution >= 4 is 5.91 Å². The van der Waals surface area contributed by atoms with Crippen LogP contribution < -0.4 is 10.9 Å². The van der Waals surface area contributed by atoms with Gasteiger partial charge >= 0.3 is 0 Å². The fourth-order valence-corrected chi connectivity index (χ4v) is 2.79. The summed E-state index contributed by atoms with van der Waals surface area (Å²) in [4.78, 5) is 24.5. The summed E-state index contributed by atoms with van der Waals surface area (Å²) in [6.45, 7) is 2.61. The molecule has 3 aromatic rings. The maximum Gasteiger partial charge on any atom is 0.266 e. The molecule has 1 N–H and O–H groups in total. The van der Waals surface area contributed by atoms with Crippen LogP contribution >= 0.6 is 0 Å². The smallest absolute Gasteiger partial charge is 0.266 e. The van der Waals surface area contributed by atoms with Gasteiger partial charge in [0.1, 0.15) is 0 Å². The van der Waals surface area contributed by atoms with Gasteiger partial charge in [-0.25, -0.2) is 9.36 Å². The molecule has 1 atom stereocenters. The number of hydrogen-bond acceptors (Lipinski definition) is 4. The van der Waals surface area contributed by atoms with Crippen molar-refractivity contribution in [1.82, 2.24) is 24.9 Å². The second-order valence-corrected chi connectivity index (χ2v) is 5.87. The zero-order valence-electron chi connectivity index (χ0n) is 14.6. The van der Waals surface area contributed by atoms with Crippen LogP contribution in [0.1, 0.15) is 24.8 Å². The molecule has 1 amide bonds. The molecule has 2 aromatic heterocycles. The van der Waals surface area contributed by atoms with E-state index in [1.54, 1.807) is 29.2 Å². The number of aromatic nitrogens is 4. The molecule has 7 heteroatoms. The second kappa shape index (κ2) is 8.24. The molecular formula is C19H21N5O2. The van der Waals surface area contributed by atoms with Gasteiger partial charge in [-0.2, -0.15) is 5.10 Å². The number of carbonyl (C=O) groups excluding carboxylic acids is 1. The second-order valence-electron chi connectivity index (χ2n) is 5.87. The van der Waals surface area contributed by atoms with Crippen molar-refractivity contribution in [3.63, 3.8) is 0 Å². The Morgan fingerprint density at radius 3 is 2.65 bits per heavy atom. The Hall–Kier alpha value is -3.22. The monoisotopic (exact) mass is 351 g/mol. The first-order valence-corrected chi connectivity index (χ1v) is 8.60. The van der Waals surface area contributed by atoms with E-state index in [9.17, 15) is 9.59 Å². The summed E-state index contributed by atoms with van der Waals surface area (Å²) in [5.41, 5.74) is 0.772. The third-order valence-corrected chi connectivity index (χ3v) is 4.14. The lowest BCUT2D eigenvalue weighted by molar-refractivity contribution is -0.122. The molecule has 0 saturated carbocycles. The van der Waals surface area contributed by atoms with Gasteiger partial charge in [-0.1, -0.05) is 37.3 Å². The van der Waals surface area contributed by atoms with E-state index in [0.29, 0.717) is 25.3 Å². The van der Waals surface area contributed by atoms with Crippen LogP contribution in [0.4, 0.5) is 0 Å². The number of amides is 1. The quantitative estimate of drug-likeness (QED) is 0.703. The van der Waals surface area contributed by atoms with Crippen molar-refractivity contribution in [2.75, 3.05) is 6.54 Å². The lowest BCUT2D eigenvalue weighted by Crippen LogP contribution is -2.34. The van der Waals surface area contributed by atoms with Gasteiger partial charge in [-0.15, -0.1) is 5.10 Å². The van der Waals surface area contributed by atoms with Crippen LogP contribution in [0.15, 0.2) is 65.7 Å². The molecule has 0 saturated heterocycles.